The molecule has 0 aromatic heterocycles. The van der Waals surface area contributed by atoms with Crippen LogP contribution in [0.25, 0.3) is 0 Å². The third-order valence-electron chi connectivity index (χ3n) is 3.24. The number of epoxide rings is 1. The number of rotatable bonds is 2. The Morgan fingerprint density at radius 2 is 1.47 bits per heavy atom. The van der Waals surface area contributed by atoms with E-state index in [1.54, 1.807) is 14.2 Å². The molecule has 1 heterocycles. The van der Waals surface area contributed by atoms with Crippen molar-refractivity contribution in [3.63, 3.8) is 0 Å². The molecule has 0 N–H and O–H groups in total. The Kier molecular flexibility index (Phi) is 1.89. The van der Waals surface area contributed by atoms with Gasteiger partial charge in [0.2, 0.25) is 0 Å². The molecule has 0 saturated carbocycles. The summed E-state index contributed by atoms with van der Waals surface area (Å²) < 4.78 is 16.1. The maximum absolute atomic E-state index is 5.53. The number of fused-ring (bicyclic) bond motifs is 2. The average Bonchev–Trinajstić information content (AvgIpc) is 3.01. The number of ether oxygens (including phenoxy) is 3. The van der Waals surface area contributed by atoms with Crippen LogP contribution < -0.4 is 9.47 Å². The minimum atomic E-state index is 0.454. The maximum Gasteiger partial charge on any atom is 0.161 e. The van der Waals surface area contributed by atoms with Crippen molar-refractivity contribution in [2.75, 3.05) is 14.2 Å². The van der Waals surface area contributed by atoms with E-state index in [2.05, 4.69) is 12.1 Å². The Balaban J connectivity index is 2.03. The number of hydrogen-bond donors (Lipinski definition) is 0. The van der Waals surface area contributed by atoms with Crippen LogP contribution in [0.5, 0.6) is 11.5 Å². The van der Waals surface area contributed by atoms with Crippen molar-refractivity contribution in [1.82, 2.24) is 0 Å². The highest BCUT2D eigenvalue weighted by Gasteiger charge is 2.42. The lowest BCUT2D eigenvalue weighted by molar-refractivity contribution is 0.354. The van der Waals surface area contributed by atoms with E-state index in [-0.39, 0.29) is 0 Å². The van der Waals surface area contributed by atoms with Gasteiger partial charge in [-0.1, -0.05) is 0 Å². The first kappa shape index (κ1) is 9.04. The highest BCUT2D eigenvalue weighted by atomic mass is 16.6. The van der Waals surface area contributed by atoms with Crippen molar-refractivity contribution in [2.45, 2.75) is 25.0 Å². The quantitative estimate of drug-likeness (QED) is 0.688. The third-order valence-corrected chi connectivity index (χ3v) is 3.24. The lowest BCUT2D eigenvalue weighted by Crippen LogP contribution is -2.12. The summed E-state index contributed by atoms with van der Waals surface area (Å²) in [6.07, 6.45) is 2.94. The molecule has 3 rings (SSSR count). The molecule has 1 aromatic rings. The first-order valence-corrected chi connectivity index (χ1v) is 5.21. The van der Waals surface area contributed by atoms with E-state index >= 15 is 0 Å². The Labute approximate surface area is 89.0 Å². The van der Waals surface area contributed by atoms with Crippen LogP contribution in [0, 0.1) is 0 Å². The molecule has 2 unspecified atom stereocenters. The predicted molar refractivity (Wildman–Crippen MR) is 55.6 cm³/mol. The van der Waals surface area contributed by atoms with Crippen LogP contribution in [-0.2, 0) is 17.6 Å². The van der Waals surface area contributed by atoms with Gasteiger partial charge < -0.3 is 14.2 Å². The van der Waals surface area contributed by atoms with Crippen molar-refractivity contribution in [3.8, 4) is 11.5 Å². The molecule has 1 aliphatic carbocycles. The summed E-state index contributed by atoms with van der Waals surface area (Å²) in [5.74, 6) is 1.63. The Hall–Kier alpha value is -1.22. The molecule has 0 spiro atoms. The van der Waals surface area contributed by atoms with Gasteiger partial charge >= 0.3 is 0 Å². The average molecular weight is 206 g/mol. The summed E-state index contributed by atoms with van der Waals surface area (Å²) in [4.78, 5) is 0. The van der Waals surface area contributed by atoms with E-state index in [1.165, 1.54) is 11.1 Å². The lowest BCUT2D eigenvalue weighted by Gasteiger charge is -2.16. The fourth-order valence-electron chi connectivity index (χ4n) is 2.31. The van der Waals surface area contributed by atoms with Gasteiger partial charge in [-0.15, -0.1) is 0 Å². The Bertz CT molecular complexity index is 363. The number of benzene rings is 1. The van der Waals surface area contributed by atoms with Crippen LogP contribution in [0.4, 0.5) is 0 Å². The molecule has 2 aliphatic rings. The standard InChI is InChI=1S/C12H14O3/c1-13-9-3-7-5-11-12(15-11)6-8(7)4-10(9)14-2/h3-4,11-12H,5-6H2,1-2H3. The van der Waals surface area contributed by atoms with Crippen molar-refractivity contribution in [3.05, 3.63) is 23.3 Å². The van der Waals surface area contributed by atoms with Crippen LogP contribution in [0.3, 0.4) is 0 Å². The summed E-state index contributed by atoms with van der Waals surface area (Å²) >= 11 is 0. The zero-order valence-electron chi connectivity index (χ0n) is 8.95. The highest BCUT2D eigenvalue weighted by molar-refractivity contribution is 5.49. The van der Waals surface area contributed by atoms with Crippen molar-refractivity contribution < 1.29 is 14.2 Å². The number of methoxy groups -OCH3 is 2. The smallest absolute Gasteiger partial charge is 0.161 e. The zero-order chi connectivity index (χ0) is 10.4. The largest absolute Gasteiger partial charge is 0.493 e. The van der Waals surface area contributed by atoms with Gasteiger partial charge in [-0.2, -0.15) is 0 Å². The summed E-state index contributed by atoms with van der Waals surface area (Å²) in [6, 6.07) is 4.15. The molecular weight excluding hydrogens is 192 g/mol. The van der Waals surface area contributed by atoms with E-state index in [0.29, 0.717) is 12.2 Å². The van der Waals surface area contributed by atoms with Crippen molar-refractivity contribution in [2.24, 2.45) is 0 Å². The molecule has 0 bridgehead atoms. The second-order valence-corrected chi connectivity index (χ2v) is 4.10. The highest BCUT2D eigenvalue weighted by Crippen LogP contribution is 2.40. The zero-order valence-corrected chi connectivity index (χ0v) is 8.95. The predicted octanol–water partition coefficient (Wildman–Crippen LogP) is 1.57. The fourth-order valence-corrected chi connectivity index (χ4v) is 2.31. The maximum atomic E-state index is 5.53. The number of hydrogen-bond acceptors (Lipinski definition) is 3. The molecule has 0 radical (unpaired) electrons. The SMILES string of the molecule is COc1cc2c(cc1OC)CC1OC1C2. The van der Waals surface area contributed by atoms with Gasteiger partial charge in [0.25, 0.3) is 0 Å². The molecular formula is C12H14O3. The summed E-state index contributed by atoms with van der Waals surface area (Å²) in [5, 5.41) is 0. The first-order valence-electron chi connectivity index (χ1n) is 5.21. The second-order valence-electron chi connectivity index (χ2n) is 4.10. The van der Waals surface area contributed by atoms with Gasteiger partial charge in [-0.3, -0.25) is 0 Å². The van der Waals surface area contributed by atoms with Gasteiger partial charge in [-0.05, 0) is 23.3 Å². The van der Waals surface area contributed by atoms with Crippen LogP contribution in [0.2, 0.25) is 0 Å². The van der Waals surface area contributed by atoms with Gasteiger partial charge in [0.05, 0.1) is 26.4 Å². The topological polar surface area (TPSA) is 31.0 Å². The molecule has 1 saturated heterocycles. The molecule has 1 fully saturated rings. The van der Waals surface area contributed by atoms with Crippen LogP contribution in [0.1, 0.15) is 11.1 Å². The first-order chi connectivity index (χ1) is 7.31. The van der Waals surface area contributed by atoms with Crippen molar-refractivity contribution >= 4 is 0 Å². The van der Waals surface area contributed by atoms with E-state index < -0.39 is 0 Å². The molecule has 1 aromatic carbocycles. The van der Waals surface area contributed by atoms with Gasteiger partial charge in [0.15, 0.2) is 11.5 Å². The van der Waals surface area contributed by atoms with E-state index in [0.717, 1.165) is 24.3 Å². The second kappa shape index (κ2) is 3.14. The third kappa shape index (κ3) is 1.38. The molecule has 15 heavy (non-hydrogen) atoms. The van der Waals surface area contributed by atoms with Gasteiger partial charge in [-0.25, -0.2) is 0 Å². The molecule has 80 valence electrons. The Morgan fingerprint density at radius 1 is 1.00 bits per heavy atom. The monoisotopic (exact) mass is 206 g/mol. The minimum Gasteiger partial charge on any atom is -0.493 e. The fraction of sp³-hybridized carbons (Fsp3) is 0.500. The minimum absolute atomic E-state index is 0.454. The molecule has 0 amide bonds. The summed E-state index contributed by atoms with van der Waals surface area (Å²) in [5.41, 5.74) is 2.68. The summed E-state index contributed by atoms with van der Waals surface area (Å²) in [6.45, 7) is 0. The lowest BCUT2D eigenvalue weighted by atomic mass is 9.91. The summed E-state index contributed by atoms with van der Waals surface area (Å²) in [7, 11) is 3.34. The molecule has 1 aliphatic heterocycles. The normalized spacial score (nSPS) is 26.5. The molecule has 3 nitrogen and oxygen atoms in total. The molecule has 2 atom stereocenters. The van der Waals surface area contributed by atoms with E-state index in [9.17, 15) is 0 Å². The molecule has 3 heteroatoms. The van der Waals surface area contributed by atoms with Crippen LogP contribution >= 0.6 is 0 Å². The van der Waals surface area contributed by atoms with E-state index in [4.69, 9.17) is 14.2 Å². The van der Waals surface area contributed by atoms with Gasteiger partial charge in [0, 0.05) is 12.8 Å². The Morgan fingerprint density at radius 3 is 1.87 bits per heavy atom. The van der Waals surface area contributed by atoms with Crippen molar-refractivity contribution in [1.29, 1.82) is 0 Å². The van der Waals surface area contributed by atoms with Crippen LogP contribution in [0.15, 0.2) is 12.1 Å². The van der Waals surface area contributed by atoms with Crippen LogP contribution in [-0.4, -0.2) is 26.4 Å². The van der Waals surface area contributed by atoms with E-state index in [1.807, 2.05) is 0 Å². The van der Waals surface area contributed by atoms with Gasteiger partial charge in [0.1, 0.15) is 0 Å².